The fraction of sp³-hybridized carbons (Fsp3) is 0.419. The fourth-order valence-electron chi connectivity index (χ4n) is 6.72. The number of carboxylic acids is 1. The number of carbonyl (C=O) groups is 1. The quantitative estimate of drug-likeness (QED) is 0.309. The molecule has 0 unspecified atom stereocenters. The summed E-state index contributed by atoms with van der Waals surface area (Å²) < 4.78 is 33.5. The molecule has 5 heterocycles. The molecule has 0 bridgehead atoms. The number of benzene rings is 1. The van der Waals surface area contributed by atoms with Crippen LogP contribution in [-0.2, 0) is 29.8 Å². The van der Waals surface area contributed by atoms with Gasteiger partial charge in [0.1, 0.15) is 23.8 Å². The number of aromatic nitrogens is 3. The van der Waals surface area contributed by atoms with Gasteiger partial charge in [0.25, 0.3) is 0 Å². The molecule has 4 atom stereocenters. The van der Waals surface area contributed by atoms with Crippen molar-refractivity contribution in [2.75, 3.05) is 19.7 Å². The molecule has 0 amide bonds. The summed E-state index contributed by atoms with van der Waals surface area (Å²) in [5.41, 5.74) is 2.64. The van der Waals surface area contributed by atoms with E-state index in [4.69, 9.17) is 29.1 Å². The van der Waals surface area contributed by atoms with E-state index in [9.17, 15) is 14.3 Å². The highest BCUT2D eigenvalue weighted by Gasteiger charge is 2.65. The van der Waals surface area contributed by atoms with Gasteiger partial charge in [-0.2, -0.15) is 5.26 Å². The van der Waals surface area contributed by atoms with Gasteiger partial charge < -0.3 is 19.0 Å². The normalized spacial score (nSPS) is 25.0. The zero-order chi connectivity index (χ0) is 29.0. The summed E-state index contributed by atoms with van der Waals surface area (Å²) in [6.45, 7) is 5.99. The van der Waals surface area contributed by atoms with Crippen LogP contribution in [0.25, 0.3) is 11.2 Å². The highest BCUT2D eigenvalue weighted by molar-refractivity contribution is 5.89. The summed E-state index contributed by atoms with van der Waals surface area (Å²) >= 11 is 0. The number of nitriles is 1. The molecule has 2 saturated heterocycles. The number of halogens is 1. The van der Waals surface area contributed by atoms with Gasteiger partial charge in [-0.3, -0.25) is 9.47 Å². The van der Waals surface area contributed by atoms with Crippen LogP contribution < -0.4 is 4.74 Å². The van der Waals surface area contributed by atoms with Gasteiger partial charge in [-0.15, -0.1) is 0 Å². The van der Waals surface area contributed by atoms with Crippen molar-refractivity contribution in [3.05, 3.63) is 76.7 Å². The zero-order valence-electron chi connectivity index (χ0n) is 23.1. The van der Waals surface area contributed by atoms with Gasteiger partial charge in [-0.1, -0.05) is 19.1 Å². The first kappa shape index (κ1) is 26.6. The number of aromatic carboxylic acids is 1. The molecule has 1 aromatic carbocycles. The van der Waals surface area contributed by atoms with E-state index in [0.29, 0.717) is 47.6 Å². The van der Waals surface area contributed by atoms with E-state index >= 15 is 0 Å². The van der Waals surface area contributed by atoms with Gasteiger partial charge in [0.05, 0.1) is 36.5 Å². The summed E-state index contributed by atoms with van der Waals surface area (Å²) in [4.78, 5) is 23.5. The molecule has 1 aliphatic carbocycles. The number of furan rings is 1. The number of likely N-dealkylation sites (tertiary alicyclic amines) is 1. The number of hydrogen-bond donors (Lipinski definition) is 1. The van der Waals surface area contributed by atoms with Gasteiger partial charge >= 0.3 is 5.97 Å². The lowest BCUT2D eigenvalue weighted by molar-refractivity contribution is -0.0595. The highest BCUT2D eigenvalue weighted by Crippen LogP contribution is 2.63. The molecule has 4 aromatic rings. The molecule has 216 valence electrons. The number of fused-ring (bicyclic) bond motifs is 2. The molecule has 11 heteroatoms. The van der Waals surface area contributed by atoms with E-state index in [-0.39, 0.29) is 29.4 Å². The summed E-state index contributed by atoms with van der Waals surface area (Å²) in [5, 5.41) is 18.3. The third-order valence-corrected chi connectivity index (χ3v) is 9.28. The van der Waals surface area contributed by atoms with Crippen molar-refractivity contribution >= 4 is 17.2 Å². The number of piperidine rings is 1. The van der Waals surface area contributed by atoms with Crippen molar-refractivity contribution in [1.82, 2.24) is 19.4 Å². The summed E-state index contributed by atoms with van der Waals surface area (Å²) in [7, 11) is 0. The maximum absolute atomic E-state index is 14.3. The highest BCUT2D eigenvalue weighted by atomic mass is 19.1. The number of ether oxygens (including phenoxy) is 2. The first-order valence-corrected chi connectivity index (χ1v) is 14.2. The van der Waals surface area contributed by atoms with Crippen LogP contribution in [0.15, 0.2) is 46.9 Å². The van der Waals surface area contributed by atoms with Crippen LogP contribution in [0, 0.1) is 29.0 Å². The minimum Gasteiger partial charge on any atom is -0.475 e. The summed E-state index contributed by atoms with van der Waals surface area (Å²) in [6.07, 6.45) is 1.96. The molecule has 7 rings (SSSR count). The Morgan fingerprint density at radius 1 is 1.29 bits per heavy atom. The van der Waals surface area contributed by atoms with E-state index in [1.807, 2.05) is 16.7 Å². The molecule has 10 nitrogen and oxygen atoms in total. The largest absolute Gasteiger partial charge is 0.475 e. The van der Waals surface area contributed by atoms with E-state index < -0.39 is 11.8 Å². The van der Waals surface area contributed by atoms with Crippen LogP contribution in [0.1, 0.15) is 53.0 Å². The average Bonchev–Trinajstić information content (AvgIpc) is 3.21. The van der Waals surface area contributed by atoms with Gasteiger partial charge in [-0.25, -0.2) is 19.2 Å². The first-order valence-electron chi connectivity index (χ1n) is 14.2. The number of pyridine rings is 1. The monoisotopic (exact) mass is 571 g/mol. The van der Waals surface area contributed by atoms with E-state index in [2.05, 4.69) is 17.9 Å². The van der Waals surface area contributed by atoms with Crippen molar-refractivity contribution in [2.24, 2.45) is 11.8 Å². The lowest BCUT2D eigenvalue weighted by atomic mass is 9.90. The van der Waals surface area contributed by atoms with Crippen LogP contribution in [0.3, 0.4) is 0 Å². The molecule has 1 saturated carbocycles. The molecular weight excluding hydrogens is 541 g/mol. The van der Waals surface area contributed by atoms with Crippen LogP contribution >= 0.6 is 0 Å². The van der Waals surface area contributed by atoms with Crippen molar-refractivity contribution in [1.29, 1.82) is 5.26 Å². The second-order valence-electron chi connectivity index (χ2n) is 11.5. The zero-order valence-corrected chi connectivity index (χ0v) is 23.1. The predicted molar refractivity (Wildman–Crippen MR) is 147 cm³/mol. The Bertz CT molecular complexity index is 1720. The predicted octanol–water partition coefficient (Wildman–Crippen LogP) is 4.51. The lowest BCUT2D eigenvalue weighted by Crippen LogP contribution is -2.37. The van der Waals surface area contributed by atoms with Crippen molar-refractivity contribution < 1.29 is 28.2 Å². The molecule has 42 heavy (non-hydrogen) atoms. The molecule has 0 spiro atoms. The minimum atomic E-state index is -1.11. The van der Waals surface area contributed by atoms with Crippen LogP contribution in [0.5, 0.6) is 5.88 Å². The molecule has 1 N–H and O–H groups in total. The Morgan fingerprint density at radius 2 is 2.14 bits per heavy atom. The number of nitrogens with zero attached hydrogens (tertiary/aromatic N) is 5. The van der Waals surface area contributed by atoms with E-state index in [0.717, 1.165) is 44.1 Å². The maximum atomic E-state index is 14.3. The van der Waals surface area contributed by atoms with E-state index in [1.165, 1.54) is 12.1 Å². The second kappa shape index (κ2) is 10.2. The third kappa shape index (κ3) is 4.51. The average molecular weight is 572 g/mol. The lowest BCUT2D eigenvalue weighted by Gasteiger charge is -2.32. The number of hydrogen-bond acceptors (Lipinski definition) is 8. The number of carboxylic acid groups (broad SMARTS) is 1. The molecule has 3 aromatic heterocycles. The van der Waals surface area contributed by atoms with Crippen LogP contribution in [0.4, 0.5) is 4.39 Å². The molecule has 0 radical (unpaired) electrons. The second-order valence-corrected chi connectivity index (χ2v) is 11.5. The standard InChI is InChI=1S/C31H30FN5O5/c1-18-22-15-36(16-27-34-24-12-25(30(38)39)42-29(24)37(27)14-21-7-10-40-21)9-8-31(18,22)26-3-2-4-28(35-26)41-17-20-6-5-19(13-33)11-23(20)32/h2-6,11-12,18,21-22H,7-10,14-17H2,1H3,(H,38,39)/t18-,21-,22+,31+/m0/s1. The SMILES string of the molecule is C[C@H]1[C@H]2CN(Cc3nc4cc(C(=O)O)oc4n3C[C@@H]3CCO3)CC[C@]21c1cccc(OCc2ccc(C#N)cc2F)n1. The number of imidazole rings is 1. The van der Waals surface area contributed by atoms with Crippen molar-refractivity contribution in [2.45, 2.75) is 51.0 Å². The molecule has 3 aliphatic rings. The number of rotatable bonds is 9. The Morgan fingerprint density at radius 3 is 2.86 bits per heavy atom. The van der Waals surface area contributed by atoms with Gasteiger partial charge in [-0.05, 0) is 49.4 Å². The van der Waals surface area contributed by atoms with Crippen molar-refractivity contribution in [3.63, 3.8) is 0 Å². The Kier molecular flexibility index (Phi) is 6.48. The van der Waals surface area contributed by atoms with Gasteiger partial charge in [0.15, 0.2) is 0 Å². The third-order valence-electron chi connectivity index (χ3n) is 9.28. The fourth-order valence-corrected chi connectivity index (χ4v) is 6.72. The van der Waals surface area contributed by atoms with Gasteiger partial charge in [0, 0.05) is 36.3 Å². The Hall–Kier alpha value is -4.27. The molecular formula is C31H30FN5O5. The van der Waals surface area contributed by atoms with Crippen LogP contribution in [0.2, 0.25) is 0 Å². The molecule has 2 aliphatic heterocycles. The minimum absolute atomic E-state index is 0.0309. The van der Waals surface area contributed by atoms with E-state index in [1.54, 1.807) is 18.2 Å². The first-order chi connectivity index (χ1) is 20.4. The van der Waals surface area contributed by atoms with Crippen molar-refractivity contribution in [3.8, 4) is 11.9 Å². The Balaban J connectivity index is 1.05. The maximum Gasteiger partial charge on any atom is 0.371 e. The molecule has 3 fully saturated rings. The van der Waals surface area contributed by atoms with Gasteiger partial charge in [0.2, 0.25) is 17.4 Å². The summed E-state index contributed by atoms with van der Waals surface area (Å²) in [5.74, 6) is 0.472. The summed E-state index contributed by atoms with van der Waals surface area (Å²) in [6, 6.07) is 13.6. The van der Waals surface area contributed by atoms with Crippen LogP contribution in [-0.4, -0.2) is 56.3 Å². The smallest absolute Gasteiger partial charge is 0.371 e. The topological polar surface area (TPSA) is 127 Å². The Labute approximate surface area is 241 Å².